The van der Waals surface area contributed by atoms with Gasteiger partial charge in [0.1, 0.15) is 5.60 Å². The van der Waals surface area contributed by atoms with Crippen LogP contribution in [0.5, 0.6) is 0 Å². The van der Waals surface area contributed by atoms with Crippen LogP contribution in [0.3, 0.4) is 0 Å². The number of hydrogen-bond acceptors (Lipinski definition) is 5. The molecule has 0 radical (unpaired) electrons. The first-order valence-corrected chi connectivity index (χ1v) is 13.1. The molecule has 0 unspecified atom stereocenters. The Bertz CT molecular complexity index is 827. The topological polar surface area (TPSA) is 79.2 Å². The number of rotatable bonds is 0. The van der Waals surface area contributed by atoms with Crippen molar-refractivity contribution in [3.8, 4) is 0 Å². The summed E-state index contributed by atoms with van der Waals surface area (Å²) in [6.45, 7) is 9.37. The van der Waals surface area contributed by atoms with E-state index >= 15 is 0 Å². The molecular formula is C27H42O5. The SMILES string of the molecule is C[C@@H]1[C@@]2(C[C@H](O)[C@@H](C)CO2)O[C@H]2C[C@H]3[C@@H]4CC=C5C[C@@H](O)CC[C@]5(C)[C@H]4CC[C@]3(C)[C@]21O. The van der Waals surface area contributed by atoms with Crippen molar-refractivity contribution in [2.75, 3.05) is 6.61 Å². The molecule has 2 heterocycles. The molecule has 2 saturated heterocycles. The van der Waals surface area contributed by atoms with Crippen LogP contribution in [0.15, 0.2) is 11.6 Å². The van der Waals surface area contributed by atoms with Crippen LogP contribution in [0.4, 0.5) is 0 Å². The summed E-state index contributed by atoms with van der Waals surface area (Å²) in [6, 6.07) is 0. The van der Waals surface area contributed by atoms with Gasteiger partial charge in [-0.05, 0) is 68.1 Å². The van der Waals surface area contributed by atoms with Gasteiger partial charge in [0.05, 0.1) is 24.9 Å². The number of aliphatic hydroxyl groups excluding tert-OH is 2. The molecule has 6 aliphatic rings. The van der Waals surface area contributed by atoms with Crippen molar-refractivity contribution in [2.24, 2.45) is 40.4 Å². The van der Waals surface area contributed by atoms with Crippen molar-refractivity contribution in [1.29, 1.82) is 0 Å². The Hall–Kier alpha value is -0.460. The van der Waals surface area contributed by atoms with Crippen LogP contribution in [-0.4, -0.2) is 51.6 Å². The molecule has 0 amide bonds. The number of hydrogen-bond donors (Lipinski definition) is 3. The Balaban J connectivity index is 1.32. The van der Waals surface area contributed by atoms with E-state index in [1.165, 1.54) is 5.57 Å². The van der Waals surface area contributed by atoms with Crippen LogP contribution >= 0.6 is 0 Å². The maximum absolute atomic E-state index is 12.4. The van der Waals surface area contributed by atoms with Crippen LogP contribution in [0.1, 0.15) is 79.1 Å². The summed E-state index contributed by atoms with van der Waals surface area (Å²) in [6.07, 6.45) is 8.99. The monoisotopic (exact) mass is 446 g/mol. The van der Waals surface area contributed by atoms with E-state index < -0.39 is 17.5 Å². The zero-order valence-corrected chi connectivity index (χ0v) is 20.2. The molecule has 0 aromatic heterocycles. The lowest BCUT2D eigenvalue weighted by molar-refractivity contribution is -0.292. The average Bonchev–Trinajstić information content (AvgIpc) is 3.10. The molecule has 4 aliphatic carbocycles. The van der Waals surface area contributed by atoms with Gasteiger partial charge in [0.15, 0.2) is 5.79 Å². The molecule has 5 fully saturated rings. The lowest BCUT2D eigenvalue weighted by Gasteiger charge is -2.59. The van der Waals surface area contributed by atoms with Crippen molar-refractivity contribution in [2.45, 2.75) is 109 Å². The third-order valence-corrected chi connectivity index (χ3v) is 11.7. The number of aliphatic hydroxyl groups is 3. The second kappa shape index (κ2) is 6.81. The second-order valence-electron chi connectivity index (χ2n) is 12.9. The molecule has 0 bridgehead atoms. The minimum atomic E-state index is -0.920. The number of allylic oxidation sites excluding steroid dienone is 1. The molecular weight excluding hydrogens is 404 g/mol. The summed E-state index contributed by atoms with van der Waals surface area (Å²) in [5.74, 6) is 0.712. The smallest absolute Gasteiger partial charge is 0.176 e. The maximum atomic E-state index is 12.4. The predicted molar refractivity (Wildman–Crippen MR) is 121 cm³/mol. The fourth-order valence-electron chi connectivity index (χ4n) is 9.58. The lowest BCUT2D eigenvalue weighted by atomic mass is 9.46. The van der Waals surface area contributed by atoms with Gasteiger partial charge in [-0.2, -0.15) is 0 Å². The molecule has 3 saturated carbocycles. The molecule has 5 nitrogen and oxygen atoms in total. The van der Waals surface area contributed by atoms with Gasteiger partial charge in [-0.15, -0.1) is 0 Å². The molecule has 2 aliphatic heterocycles. The van der Waals surface area contributed by atoms with Gasteiger partial charge < -0.3 is 24.8 Å². The summed E-state index contributed by atoms with van der Waals surface area (Å²) in [5, 5.41) is 33.3. The molecule has 6 rings (SSSR count). The van der Waals surface area contributed by atoms with Gasteiger partial charge in [-0.25, -0.2) is 0 Å². The first-order chi connectivity index (χ1) is 15.0. The van der Waals surface area contributed by atoms with E-state index in [0.717, 1.165) is 44.9 Å². The first-order valence-electron chi connectivity index (χ1n) is 13.1. The largest absolute Gasteiger partial charge is 0.393 e. The summed E-state index contributed by atoms with van der Waals surface area (Å²) >= 11 is 0. The molecule has 5 heteroatoms. The Morgan fingerprint density at radius 3 is 2.59 bits per heavy atom. The molecule has 32 heavy (non-hydrogen) atoms. The van der Waals surface area contributed by atoms with Gasteiger partial charge in [-0.1, -0.05) is 39.3 Å². The molecule has 1 spiro atoms. The molecule has 12 atom stereocenters. The Labute approximate surface area is 192 Å². The highest BCUT2D eigenvalue weighted by atomic mass is 16.7. The van der Waals surface area contributed by atoms with E-state index in [0.29, 0.717) is 30.8 Å². The van der Waals surface area contributed by atoms with E-state index in [1.54, 1.807) is 0 Å². The summed E-state index contributed by atoms with van der Waals surface area (Å²) < 4.78 is 12.9. The van der Waals surface area contributed by atoms with Crippen molar-refractivity contribution in [3.05, 3.63) is 11.6 Å². The fourth-order valence-corrected chi connectivity index (χ4v) is 9.58. The molecule has 3 N–H and O–H groups in total. The second-order valence-corrected chi connectivity index (χ2v) is 12.9. The summed E-state index contributed by atoms with van der Waals surface area (Å²) in [4.78, 5) is 0. The van der Waals surface area contributed by atoms with Crippen molar-refractivity contribution in [1.82, 2.24) is 0 Å². The Morgan fingerprint density at radius 2 is 1.84 bits per heavy atom. The minimum Gasteiger partial charge on any atom is -0.393 e. The maximum Gasteiger partial charge on any atom is 0.176 e. The highest BCUT2D eigenvalue weighted by molar-refractivity contribution is 5.28. The van der Waals surface area contributed by atoms with Crippen LogP contribution in [0, 0.1) is 40.4 Å². The van der Waals surface area contributed by atoms with Crippen LogP contribution in [-0.2, 0) is 9.47 Å². The number of ether oxygens (including phenoxy) is 2. The molecule has 0 aromatic rings. The quantitative estimate of drug-likeness (QED) is 0.493. The normalized spacial score (nSPS) is 61.5. The van der Waals surface area contributed by atoms with Gasteiger partial charge >= 0.3 is 0 Å². The highest BCUT2D eigenvalue weighted by Gasteiger charge is 2.76. The van der Waals surface area contributed by atoms with Crippen molar-refractivity contribution in [3.63, 3.8) is 0 Å². The van der Waals surface area contributed by atoms with E-state index in [9.17, 15) is 15.3 Å². The first kappa shape index (κ1) is 22.0. The van der Waals surface area contributed by atoms with Crippen molar-refractivity contribution >= 4 is 0 Å². The average molecular weight is 447 g/mol. The van der Waals surface area contributed by atoms with Gasteiger partial charge in [0.2, 0.25) is 0 Å². The zero-order valence-electron chi connectivity index (χ0n) is 20.2. The van der Waals surface area contributed by atoms with E-state index in [4.69, 9.17) is 9.47 Å². The minimum absolute atomic E-state index is 0.100. The molecule has 180 valence electrons. The third-order valence-electron chi connectivity index (χ3n) is 11.7. The summed E-state index contributed by atoms with van der Waals surface area (Å²) in [5.41, 5.74) is 0.566. The Kier molecular flexibility index (Phi) is 4.69. The fraction of sp³-hybridized carbons (Fsp3) is 0.926. The summed E-state index contributed by atoms with van der Waals surface area (Å²) in [7, 11) is 0. The third kappa shape index (κ3) is 2.53. The van der Waals surface area contributed by atoms with Crippen LogP contribution in [0.2, 0.25) is 0 Å². The van der Waals surface area contributed by atoms with E-state index in [-0.39, 0.29) is 34.9 Å². The van der Waals surface area contributed by atoms with Crippen LogP contribution < -0.4 is 0 Å². The van der Waals surface area contributed by atoms with Gasteiger partial charge in [0, 0.05) is 23.7 Å². The highest BCUT2D eigenvalue weighted by Crippen LogP contribution is 2.72. The van der Waals surface area contributed by atoms with E-state index in [2.05, 4.69) is 26.8 Å². The van der Waals surface area contributed by atoms with Gasteiger partial charge in [-0.3, -0.25) is 0 Å². The Morgan fingerprint density at radius 1 is 1.06 bits per heavy atom. The van der Waals surface area contributed by atoms with E-state index in [1.807, 2.05) is 6.92 Å². The molecule has 0 aromatic carbocycles. The van der Waals surface area contributed by atoms with Gasteiger partial charge in [0.25, 0.3) is 0 Å². The lowest BCUT2D eigenvalue weighted by Crippen LogP contribution is -2.60. The van der Waals surface area contributed by atoms with Crippen molar-refractivity contribution < 1.29 is 24.8 Å². The standard InChI is InChI=1S/C27H42O5/c1-15-14-31-26(13-22(15)29)16(2)27(30)23(32-26)12-21-19-6-5-17-11-18(28)7-9-24(17,3)20(19)8-10-25(21,27)4/h5,15-16,18-23,28-30H,6-14H2,1-4H3/t15-,16+,18-,19+,20-,21-,22-,23-,24-,25-,26+,27+/m0/s1. The van der Waals surface area contributed by atoms with Crippen LogP contribution in [0.25, 0.3) is 0 Å². The number of fused-ring (bicyclic) bond motifs is 7. The predicted octanol–water partition coefficient (Wildman–Crippen LogP) is 3.80. The zero-order chi connectivity index (χ0) is 22.7.